The van der Waals surface area contributed by atoms with Crippen molar-refractivity contribution in [3.05, 3.63) is 12.7 Å². The van der Waals surface area contributed by atoms with Crippen molar-refractivity contribution in [2.75, 3.05) is 0 Å². The van der Waals surface area contributed by atoms with Gasteiger partial charge in [-0.25, -0.2) is 0 Å². The van der Waals surface area contributed by atoms with E-state index in [0.29, 0.717) is 6.42 Å². The van der Waals surface area contributed by atoms with Gasteiger partial charge in [-0.2, -0.15) is 0 Å². The molecule has 0 heterocycles. The third-order valence-corrected chi connectivity index (χ3v) is 2.18. The Balaban J connectivity index is 3.84. The van der Waals surface area contributed by atoms with Crippen LogP contribution in [0.1, 0.15) is 38.5 Å². The van der Waals surface area contributed by atoms with Gasteiger partial charge in [0.25, 0.3) is 0 Å². The van der Waals surface area contributed by atoms with Crippen molar-refractivity contribution in [3.8, 4) is 0 Å². The van der Waals surface area contributed by atoms with Gasteiger partial charge in [0.2, 0.25) is 0 Å². The molecule has 0 unspecified atom stereocenters. The lowest BCUT2D eigenvalue weighted by Gasteiger charge is -2.17. The summed E-state index contributed by atoms with van der Waals surface area (Å²) in [6.07, 6.45) is 4.52. The van der Waals surface area contributed by atoms with E-state index in [1.54, 1.807) is 6.08 Å². The first-order chi connectivity index (χ1) is 7.06. The molecule has 0 aromatic carbocycles. The highest BCUT2D eigenvalue weighted by molar-refractivity contribution is 5.68. The normalized spacial score (nSPS) is 10.2. The molecule has 0 aliphatic heterocycles. The zero-order chi connectivity index (χ0) is 11.7. The molecule has 0 rings (SSSR count). The van der Waals surface area contributed by atoms with Crippen LogP contribution in [-0.4, -0.2) is 11.9 Å². The van der Waals surface area contributed by atoms with Crippen LogP contribution in [0.15, 0.2) is 12.7 Å². The number of carbonyl (C=O) groups is 2. The fourth-order valence-corrected chi connectivity index (χ4v) is 1.47. The Hall–Kier alpha value is -1.32. The second-order valence-electron chi connectivity index (χ2n) is 3.59. The number of rotatable bonds is 9. The van der Waals surface area contributed by atoms with Crippen LogP contribution in [0.3, 0.4) is 0 Å². The van der Waals surface area contributed by atoms with Crippen molar-refractivity contribution in [1.82, 2.24) is 0 Å². The second kappa shape index (κ2) is 8.03. The highest BCUT2D eigenvalue weighted by Gasteiger charge is 2.09. The SMILES string of the molecule is C=CCCCCC(CC(=O)[O-])CC(=O)[O-]. The van der Waals surface area contributed by atoms with E-state index in [2.05, 4.69) is 6.58 Å². The summed E-state index contributed by atoms with van der Waals surface area (Å²) in [5.41, 5.74) is 0. The van der Waals surface area contributed by atoms with Crippen molar-refractivity contribution in [1.29, 1.82) is 0 Å². The van der Waals surface area contributed by atoms with Crippen LogP contribution < -0.4 is 10.2 Å². The van der Waals surface area contributed by atoms with Gasteiger partial charge in [-0.1, -0.05) is 12.5 Å². The molecule has 0 saturated heterocycles. The molecule has 0 atom stereocenters. The maximum Gasteiger partial charge on any atom is 0.0417 e. The molecule has 0 saturated carbocycles. The maximum absolute atomic E-state index is 10.3. The number of allylic oxidation sites excluding steroid dienone is 1. The number of hydrogen-bond donors (Lipinski definition) is 0. The van der Waals surface area contributed by atoms with Crippen molar-refractivity contribution < 1.29 is 19.8 Å². The van der Waals surface area contributed by atoms with Gasteiger partial charge in [0, 0.05) is 11.9 Å². The molecule has 4 heteroatoms. The molecule has 0 radical (unpaired) electrons. The third-order valence-electron chi connectivity index (χ3n) is 2.18. The summed E-state index contributed by atoms with van der Waals surface area (Å²) in [5.74, 6) is -2.78. The monoisotopic (exact) mass is 212 g/mol. The average Bonchev–Trinajstić information content (AvgIpc) is 2.10. The molecule has 0 N–H and O–H groups in total. The number of hydrogen-bond acceptors (Lipinski definition) is 4. The van der Waals surface area contributed by atoms with Crippen LogP contribution in [0.2, 0.25) is 0 Å². The van der Waals surface area contributed by atoms with Gasteiger partial charge in [-0.05, 0) is 38.0 Å². The molecule has 0 aliphatic carbocycles. The molecule has 0 aromatic heterocycles. The Morgan fingerprint density at radius 1 is 1.13 bits per heavy atom. The zero-order valence-corrected chi connectivity index (χ0v) is 8.74. The van der Waals surface area contributed by atoms with Gasteiger partial charge < -0.3 is 19.8 Å². The Bertz CT molecular complexity index is 207. The Kier molecular flexibility index (Phi) is 7.32. The topological polar surface area (TPSA) is 80.3 Å². The highest BCUT2D eigenvalue weighted by Crippen LogP contribution is 2.16. The summed E-state index contributed by atoms with van der Waals surface area (Å²) >= 11 is 0. The van der Waals surface area contributed by atoms with Crippen molar-refractivity contribution in [3.63, 3.8) is 0 Å². The average molecular weight is 212 g/mol. The standard InChI is InChI=1S/C11H18O4/c1-2-3-4-5-6-9(7-10(12)13)8-11(14)15/h2,9H,1,3-8H2,(H,12,13)(H,14,15)/p-2. The number of carbonyl (C=O) groups excluding carboxylic acids is 2. The van der Waals surface area contributed by atoms with Crippen LogP contribution in [0, 0.1) is 5.92 Å². The van der Waals surface area contributed by atoms with Gasteiger partial charge >= 0.3 is 0 Å². The minimum absolute atomic E-state index is 0.206. The van der Waals surface area contributed by atoms with Crippen molar-refractivity contribution in [2.24, 2.45) is 5.92 Å². The van der Waals surface area contributed by atoms with E-state index < -0.39 is 11.9 Å². The molecule has 0 fully saturated rings. The van der Waals surface area contributed by atoms with Crippen LogP contribution in [0.4, 0.5) is 0 Å². The summed E-state index contributed by atoms with van der Waals surface area (Å²) in [4.78, 5) is 20.7. The predicted molar refractivity (Wildman–Crippen MR) is 51.4 cm³/mol. The lowest BCUT2D eigenvalue weighted by Crippen LogP contribution is -2.30. The van der Waals surface area contributed by atoms with E-state index in [4.69, 9.17) is 0 Å². The Morgan fingerprint density at radius 2 is 1.67 bits per heavy atom. The van der Waals surface area contributed by atoms with Gasteiger partial charge in [-0.15, -0.1) is 6.58 Å². The minimum atomic E-state index is -1.20. The number of carboxylic acid groups (broad SMARTS) is 2. The van der Waals surface area contributed by atoms with Crippen molar-refractivity contribution in [2.45, 2.75) is 38.5 Å². The van der Waals surface area contributed by atoms with E-state index >= 15 is 0 Å². The maximum atomic E-state index is 10.3. The quantitative estimate of drug-likeness (QED) is 0.386. The molecule has 15 heavy (non-hydrogen) atoms. The van der Waals surface area contributed by atoms with Gasteiger partial charge in [-0.3, -0.25) is 0 Å². The molecule has 0 aliphatic rings. The summed E-state index contributed by atoms with van der Waals surface area (Å²) in [6, 6.07) is 0. The predicted octanol–water partition coefficient (Wildman–Crippen LogP) is -0.371. The van der Waals surface area contributed by atoms with Gasteiger partial charge in [0.15, 0.2) is 0 Å². The van der Waals surface area contributed by atoms with Gasteiger partial charge in [0.05, 0.1) is 0 Å². The summed E-state index contributed by atoms with van der Waals surface area (Å²) in [7, 11) is 0. The van der Waals surface area contributed by atoms with Crippen LogP contribution in [0.5, 0.6) is 0 Å². The van der Waals surface area contributed by atoms with E-state index in [-0.39, 0.29) is 18.8 Å². The van der Waals surface area contributed by atoms with E-state index in [1.165, 1.54) is 0 Å². The van der Waals surface area contributed by atoms with E-state index in [1.807, 2.05) is 0 Å². The fraction of sp³-hybridized carbons (Fsp3) is 0.636. The Labute approximate surface area is 89.6 Å². The van der Waals surface area contributed by atoms with E-state index in [9.17, 15) is 19.8 Å². The number of aliphatic carboxylic acids is 2. The molecule has 0 aromatic rings. The fourth-order valence-electron chi connectivity index (χ4n) is 1.47. The smallest absolute Gasteiger partial charge is 0.0417 e. The molecule has 0 bridgehead atoms. The molecule has 86 valence electrons. The molecular formula is C11H16O4-2. The summed E-state index contributed by atoms with van der Waals surface area (Å²) in [6.45, 7) is 3.57. The lowest BCUT2D eigenvalue weighted by molar-refractivity contribution is -0.309. The van der Waals surface area contributed by atoms with Gasteiger partial charge in [0.1, 0.15) is 0 Å². The molecular weight excluding hydrogens is 196 g/mol. The minimum Gasteiger partial charge on any atom is -0.550 e. The zero-order valence-electron chi connectivity index (χ0n) is 8.74. The first kappa shape index (κ1) is 13.7. The summed E-state index contributed by atoms with van der Waals surface area (Å²) in [5, 5.41) is 20.7. The van der Waals surface area contributed by atoms with Crippen LogP contribution >= 0.6 is 0 Å². The largest absolute Gasteiger partial charge is 0.550 e. The summed E-state index contributed by atoms with van der Waals surface area (Å²) < 4.78 is 0. The number of unbranched alkanes of at least 4 members (excludes halogenated alkanes) is 2. The lowest BCUT2D eigenvalue weighted by atomic mass is 9.94. The van der Waals surface area contributed by atoms with Crippen LogP contribution in [0.25, 0.3) is 0 Å². The second-order valence-corrected chi connectivity index (χ2v) is 3.59. The first-order valence-electron chi connectivity index (χ1n) is 5.06. The molecule has 4 nitrogen and oxygen atoms in total. The first-order valence-corrected chi connectivity index (χ1v) is 5.06. The molecule has 0 amide bonds. The third kappa shape index (κ3) is 9.00. The van der Waals surface area contributed by atoms with Crippen LogP contribution in [-0.2, 0) is 9.59 Å². The Morgan fingerprint density at radius 3 is 2.07 bits per heavy atom. The highest BCUT2D eigenvalue weighted by atomic mass is 16.4. The molecule has 0 spiro atoms. The number of carboxylic acids is 2. The van der Waals surface area contributed by atoms with E-state index in [0.717, 1.165) is 19.3 Å². The van der Waals surface area contributed by atoms with Crippen molar-refractivity contribution >= 4 is 11.9 Å².